The summed E-state index contributed by atoms with van der Waals surface area (Å²) in [5, 5.41) is 2.89. The second-order valence-corrected chi connectivity index (χ2v) is 7.73. The number of methoxy groups -OCH3 is 1. The SMILES string of the molecule is CCC(=O)N(CCOC)CC(=O)Nc1nc(-c2ccc(C)cc2)cn1-c1ccc(C)cc1. The van der Waals surface area contributed by atoms with Crippen LogP contribution in [0.2, 0.25) is 0 Å². The van der Waals surface area contributed by atoms with Gasteiger partial charge in [-0.25, -0.2) is 4.98 Å². The first-order valence-corrected chi connectivity index (χ1v) is 10.7. The summed E-state index contributed by atoms with van der Waals surface area (Å²) < 4.78 is 6.93. The first-order valence-electron chi connectivity index (χ1n) is 10.7. The van der Waals surface area contributed by atoms with Crippen LogP contribution in [0.5, 0.6) is 0 Å². The molecule has 1 aromatic heterocycles. The van der Waals surface area contributed by atoms with Crippen molar-refractivity contribution < 1.29 is 14.3 Å². The predicted octanol–water partition coefficient (Wildman–Crippen LogP) is 3.98. The zero-order valence-electron chi connectivity index (χ0n) is 19.1. The van der Waals surface area contributed by atoms with Gasteiger partial charge in [-0.3, -0.25) is 19.5 Å². The smallest absolute Gasteiger partial charge is 0.246 e. The monoisotopic (exact) mass is 434 g/mol. The number of carbonyl (C=O) groups excluding carboxylic acids is 2. The molecule has 168 valence electrons. The Balaban J connectivity index is 1.89. The zero-order chi connectivity index (χ0) is 23.1. The van der Waals surface area contributed by atoms with E-state index in [-0.39, 0.29) is 18.4 Å². The number of amides is 2. The van der Waals surface area contributed by atoms with E-state index in [2.05, 4.69) is 10.3 Å². The molecule has 0 saturated heterocycles. The number of nitrogens with zero attached hydrogens (tertiary/aromatic N) is 3. The van der Waals surface area contributed by atoms with Crippen LogP contribution in [0, 0.1) is 13.8 Å². The number of benzene rings is 2. The molecule has 0 saturated carbocycles. The standard InChI is InChI=1S/C25H30N4O3/c1-5-24(31)28(14-15-32-4)17-23(30)27-25-26-22(20-10-6-18(2)7-11-20)16-29(25)21-12-8-19(3)9-13-21/h6-13,16H,5,14-15,17H2,1-4H3,(H,26,27,30). The lowest BCUT2D eigenvalue weighted by Gasteiger charge is -2.21. The molecular formula is C25H30N4O3. The molecule has 7 heteroatoms. The second kappa shape index (κ2) is 10.7. The van der Waals surface area contributed by atoms with Crippen LogP contribution in [-0.2, 0) is 14.3 Å². The van der Waals surface area contributed by atoms with Crippen LogP contribution in [0.4, 0.5) is 5.95 Å². The van der Waals surface area contributed by atoms with Crippen molar-refractivity contribution in [3.8, 4) is 16.9 Å². The van der Waals surface area contributed by atoms with Crippen LogP contribution >= 0.6 is 0 Å². The molecule has 3 rings (SSSR count). The number of anilines is 1. The highest BCUT2D eigenvalue weighted by Crippen LogP contribution is 2.25. The number of imidazole rings is 1. The fourth-order valence-corrected chi connectivity index (χ4v) is 3.29. The van der Waals surface area contributed by atoms with Gasteiger partial charge in [0.05, 0.1) is 12.3 Å². The molecular weight excluding hydrogens is 404 g/mol. The highest BCUT2D eigenvalue weighted by Gasteiger charge is 2.18. The Labute approximate surface area is 189 Å². The number of hydrogen-bond acceptors (Lipinski definition) is 4. The summed E-state index contributed by atoms with van der Waals surface area (Å²) in [5.74, 6) is 0.00167. The molecule has 0 aliphatic rings. The molecule has 0 fully saturated rings. The molecule has 0 aliphatic heterocycles. The Kier molecular flexibility index (Phi) is 7.78. The van der Waals surface area contributed by atoms with Gasteiger partial charge in [-0.2, -0.15) is 0 Å². The number of nitrogens with one attached hydrogen (secondary N) is 1. The summed E-state index contributed by atoms with van der Waals surface area (Å²) in [4.78, 5) is 31.2. The Hall–Kier alpha value is -3.45. The molecule has 2 amide bonds. The normalized spacial score (nSPS) is 10.8. The van der Waals surface area contributed by atoms with Gasteiger partial charge < -0.3 is 9.64 Å². The van der Waals surface area contributed by atoms with Gasteiger partial charge in [-0.15, -0.1) is 0 Å². The number of rotatable bonds is 9. The van der Waals surface area contributed by atoms with Crippen LogP contribution in [0.15, 0.2) is 54.7 Å². The average Bonchev–Trinajstić information content (AvgIpc) is 3.20. The minimum Gasteiger partial charge on any atom is -0.383 e. The van der Waals surface area contributed by atoms with Crippen LogP contribution in [0.1, 0.15) is 24.5 Å². The highest BCUT2D eigenvalue weighted by molar-refractivity contribution is 5.93. The van der Waals surface area contributed by atoms with E-state index in [1.165, 1.54) is 4.90 Å². The summed E-state index contributed by atoms with van der Waals surface area (Å²) in [5.41, 5.74) is 4.90. The number of hydrogen-bond donors (Lipinski definition) is 1. The van der Waals surface area contributed by atoms with E-state index >= 15 is 0 Å². The summed E-state index contributed by atoms with van der Waals surface area (Å²) >= 11 is 0. The van der Waals surface area contributed by atoms with Crippen molar-refractivity contribution in [2.45, 2.75) is 27.2 Å². The largest absolute Gasteiger partial charge is 0.383 e. The summed E-state index contributed by atoms with van der Waals surface area (Å²) in [6, 6.07) is 16.1. The lowest BCUT2D eigenvalue weighted by Crippen LogP contribution is -2.39. The van der Waals surface area contributed by atoms with Gasteiger partial charge >= 0.3 is 0 Å². The minimum absolute atomic E-state index is 0.0589. The second-order valence-electron chi connectivity index (χ2n) is 7.73. The van der Waals surface area contributed by atoms with Gasteiger partial charge in [0, 0.05) is 37.5 Å². The molecule has 2 aromatic carbocycles. The number of carbonyl (C=O) groups is 2. The predicted molar refractivity (Wildman–Crippen MR) is 126 cm³/mol. The molecule has 0 aliphatic carbocycles. The maximum absolute atomic E-state index is 12.8. The van der Waals surface area contributed by atoms with Crippen molar-refractivity contribution >= 4 is 17.8 Å². The molecule has 0 unspecified atom stereocenters. The van der Waals surface area contributed by atoms with Crippen molar-refractivity contribution in [3.05, 3.63) is 65.9 Å². The Morgan fingerprint density at radius 3 is 2.25 bits per heavy atom. The van der Waals surface area contributed by atoms with Crippen molar-refractivity contribution in [2.24, 2.45) is 0 Å². The molecule has 0 radical (unpaired) electrons. The molecule has 7 nitrogen and oxygen atoms in total. The summed E-state index contributed by atoms with van der Waals surface area (Å²) in [6.45, 7) is 6.51. The fourth-order valence-electron chi connectivity index (χ4n) is 3.29. The highest BCUT2D eigenvalue weighted by atomic mass is 16.5. The van der Waals surface area contributed by atoms with Crippen LogP contribution < -0.4 is 5.32 Å². The van der Waals surface area contributed by atoms with E-state index in [0.717, 1.165) is 28.1 Å². The third-order valence-corrected chi connectivity index (χ3v) is 5.17. The Bertz CT molecular complexity index is 1060. The van der Waals surface area contributed by atoms with E-state index in [4.69, 9.17) is 4.74 Å². The lowest BCUT2D eigenvalue weighted by atomic mass is 10.1. The number of ether oxygens (including phenoxy) is 1. The first kappa shape index (κ1) is 23.2. The van der Waals surface area contributed by atoms with Gasteiger partial charge in [-0.05, 0) is 26.0 Å². The van der Waals surface area contributed by atoms with Gasteiger partial charge in [0.25, 0.3) is 0 Å². The lowest BCUT2D eigenvalue weighted by molar-refractivity contribution is -0.135. The zero-order valence-corrected chi connectivity index (χ0v) is 19.1. The Morgan fingerprint density at radius 1 is 1.03 bits per heavy atom. The average molecular weight is 435 g/mol. The van der Waals surface area contributed by atoms with Crippen molar-refractivity contribution in [3.63, 3.8) is 0 Å². The van der Waals surface area contributed by atoms with Gasteiger partial charge in [0.15, 0.2) is 0 Å². The van der Waals surface area contributed by atoms with Crippen molar-refractivity contribution in [2.75, 3.05) is 32.1 Å². The molecule has 0 atom stereocenters. The third-order valence-electron chi connectivity index (χ3n) is 5.17. The third kappa shape index (κ3) is 5.82. The van der Waals surface area contributed by atoms with E-state index < -0.39 is 0 Å². The van der Waals surface area contributed by atoms with Crippen LogP contribution in [0.25, 0.3) is 16.9 Å². The van der Waals surface area contributed by atoms with Gasteiger partial charge in [0.2, 0.25) is 17.8 Å². The Morgan fingerprint density at radius 2 is 1.66 bits per heavy atom. The summed E-state index contributed by atoms with van der Waals surface area (Å²) in [7, 11) is 1.57. The number of aryl methyl sites for hydroxylation is 2. The maximum Gasteiger partial charge on any atom is 0.246 e. The molecule has 0 spiro atoms. The van der Waals surface area contributed by atoms with E-state index in [1.807, 2.05) is 73.1 Å². The quantitative estimate of drug-likeness (QED) is 0.553. The first-order chi connectivity index (χ1) is 15.4. The molecule has 0 bridgehead atoms. The van der Waals surface area contributed by atoms with Gasteiger partial charge in [-0.1, -0.05) is 54.4 Å². The van der Waals surface area contributed by atoms with Gasteiger partial charge in [0.1, 0.15) is 6.54 Å². The molecule has 1 heterocycles. The maximum atomic E-state index is 12.8. The minimum atomic E-state index is -0.308. The summed E-state index contributed by atoms with van der Waals surface area (Å²) in [6.07, 6.45) is 2.23. The topological polar surface area (TPSA) is 76.5 Å². The van der Waals surface area contributed by atoms with Crippen molar-refractivity contribution in [1.29, 1.82) is 0 Å². The van der Waals surface area contributed by atoms with E-state index in [1.54, 1.807) is 14.0 Å². The van der Waals surface area contributed by atoms with E-state index in [0.29, 0.717) is 25.5 Å². The fraction of sp³-hybridized carbons (Fsp3) is 0.320. The number of aromatic nitrogens is 2. The molecule has 1 N–H and O–H groups in total. The van der Waals surface area contributed by atoms with E-state index in [9.17, 15) is 9.59 Å². The van der Waals surface area contributed by atoms with Crippen LogP contribution in [-0.4, -0.2) is 53.1 Å². The van der Waals surface area contributed by atoms with Crippen molar-refractivity contribution in [1.82, 2.24) is 14.5 Å². The molecule has 32 heavy (non-hydrogen) atoms. The van der Waals surface area contributed by atoms with Crippen LogP contribution in [0.3, 0.4) is 0 Å². The molecule has 3 aromatic rings.